The molecular formula is C23H26N2O5S. The fourth-order valence-electron chi connectivity index (χ4n) is 3.66. The lowest BCUT2D eigenvalue weighted by molar-refractivity contribution is 0.0519. The zero-order valence-corrected chi connectivity index (χ0v) is 18.9. The highest BCUT2D eigenvalue weighted by Gasteiger charge is 2.29. The summed E-state index contributed by atoms with van der Waals surface area (Å²) in [6.07, 6.45) is 0. The number of carbonyl (C=O) groups is 2. The molecule has 0 unspecified atom stereocenters. The summed E-state index contributed by atoms with van der Waals surface area (Å²) in [5, 5.41) is 1.74. The molecular weight excluding hydrogens is 416 g/mol. The Balaban J connectivity index is 1.91. The molecule has 1 heterocycles. The molecule has 31 heavy (non-hydrogen) atoms. The van der Waals surface area contributed by atoms with Crippen molar-refractivity contribution in [3.8, 4) is 0 Å². The van der Waals surface area contributed by atoms with Gasteiger partial charge in [-0.25, -0.2) is 13.2 Å². The molecule has 8 heteroatoms. The number of hydrogen-bond donors (Lipinski definition) is 1. The van der Waals surface area contributed by atoms with Crippen LogP contribution in [0.4, 0.5) is 0 Å². The number of aryl methyl sites for hydroxylation is 1. The van der Waals surface area contributed by atoms with Gasteiger partial charge >= 0.3 is 5.97 Å². The summed E-state index contributed by atoms with van der Waals surface area (Å²) >= 11 is 0. The Kier molecular flexibility index (Phi) is 6.62. The molecule has 3 rings (SSSR count). The molecule has 164 valence electrons. The first kappa shape index (κ1) is 22.7. The van der Waals surface area contributed by atoms with E-state index in [1.54, 1.807) is 45.9 Å². The van der Waals surface area contributed by atoms with Crippen LogP contribution in [-0.4, -0.2) is 49.2 Å². The molecule has 1 N–H and O–H groups in total. The highest BCUT2D eigenvalue weighted by atomic mass is 32.2. The summed E-state index contributed by atoms with van der Waals surface area (Å²) in [4.78, 5) is 28.2. The lowest BCUT2D eigenvalue weighted by atomic mass is 10.1. The second-order valence-electron chi connectivity index (χ2n) is 7.21. The van der Waals surface area contributed by atoms with E-state index in [0.29, 0.717) is 16.8 Å². The predicted octanol–water partition coefficient (Wildman–Crippen LogP) is 3.85. The standard InChI is InChI=1S/C23H26N2O5S/c1-5-25(31(28,29)19-12-11-17-9-7-8-10-18(17)13-19)14-20(26)21-15(3)22(24-16(21)4)23(27)30-6-2/h7-13,24H,5-6,14H2,1-4H3. The molecule has 3 aromatic rings. The van der Waals surface area contributed by atoms with E-state index in [1.807, 2.05) is 24.3 Å². The van der Waals surface area contributed by atoms with E-state index in [1.165, 1.54) is 0 Å². The van der Waals surface area contributed by atoms with Gasteiger partial charge in [-0.3, -0.25) is 4.79 Å². The molecule has 0 amide bonds. The molecule has 2 aromatic carbocycles. The van der Waals surface area contributed by atoms with Gasteiger partial charge < -0.3 is 9.72 Å². The number of fused-ring (bicyclic) bond motifs is 1. The second kappa shape index (κ2) is 9.03. The summed E-state index contributed by atoms with van der Waals surface area (Å²) in [6.45, 7) is 6.74. The smallest absolute Gasteiger partial charge is 0.355 e. The molecule has 0 aliphatic heterocycles. The number of ketones is 1. The van der Waals surface area contributed by atoms with Crippen LogP contribution in [0, 0.1) is 13.8 Å². The first-order chi connectivity index (χ1) is 14.7. The molecule has 0 aliphatic carbocycles. The Morgan fingerprint density at radius 2 is 1.71 bits per heavy atom. The molecule has 0 saturated heterocycles. The number of benzene rings is 2. The number of sulfonamides is 1. The molecule has 0 spiro atoms. The zero-order valence-electron chi connectivity index (χ0n) is 18.1. The fourth-order valence-corrected chi connectivity index (χ4v) is 5.10. The van der Waals surface area contributed by atoms with Gasteiger partial charge in [0.05, 0.1) is 18.0 Å². The SMILES string of the molecule is CCOC(=O)c1[nH]c(C)c(C(=O)CN(CC)S(=O)(=O)c2ccc3ccccc3c2)c1C. The normalized spacial score (nSPS) is 11.8. The maximum absolute atomic E-state index is 13.2. The first-order valence-electron chi connectivity index (χ1n) is 10.1. The van der Waals surface area contributed by atoms with Crippen molar-refractivity contribution < 1.29 is 22.7 Å². The molecule has 0 radical (unpaired) electrons. The van der Waals surface area contributed by atoms with E-state index in [9.17, 15) is 18.0 Å². The van der Waals surface area contributed by atoms with Crippen LogP contribution >= 0.6 is 0 Å². The number of likely N-dealkylation sites (N-methyl/N-ethyl adjacent to an activating group) is 1. The molecule has 0 bridgehead atoms. The molecule has 0 fully saturated rings. The number of nitrogens with one attached hydrogen (secondary N) is 1. The average Bonchev–Trinajstić information content (AvgIpc) is 3.05. The monoisotopic (exact) mass is 442 g/mol. The number of hydrogen-bond acceptors (Lipinski definition) is 5. The first-order valence-corrected chi connectivity index (χ1v) is 11.5. The minimum Gasteiger partial charge on any atom is -0.461 e. The number of aromatic nitrogens is 1. The van der Waals surface area contributed by atoms with E-state index in [4.69, 9.17) is 4.74 Å². The lowest BCUT2D eigenvalue weighted by Gasteiger charge is -2.20. The zero-order chi connectivity index (χ0) is 22.8. The molecule has 0 atom stereocenters. The fraction of sp³-hybridized carbons (Fsp3) is 0.304. The van der Waals surface area contributed by atoms with Crippen LogP contribution in [0.3, 0.4) is 0 Å². The van der Waals surface area contributed by atoms with E-state index in [-0.39, 0.29) is 36.1 Å². The summed E-state index contributed by atoms with van der Waals surface area (Å²) in [6, 6.07) is 12.4. The number of H-pyrrole nitrogens is 1. The summed E-state index contributed by atoms with van der Waals surface area (Å²) in [5.74, 6) is -0.925. The van der Waals surface area contributed by atoms with Gasteiger partial charge in [0, 0.05) is 17.8 Å². The van der Waals surface area contributed by atoms with Crippen LogP contribution in [-0.2, 0) is 14.8 Å². The second-order valence-corrected chi connectivity index (χ2v) is 9.15. The summed E-state index contributed by atoms with van der Waals surface area (Å²) in [5.41, 5.74) is 1.49. The third-order valence-corrected chi connectivity index (χ3v) is 7.14. The molecule has 0 saturated carbocycles. The van der Waals surface area contributed by atoms with Gasteiger partial charge in [-0.15, -0.1) is 0 Å². The van der Waals surface area contributed by atoms with Crippen LogP contribution < -0.4 is 0 Å². The Bertz CT molecular complexity index is 1240. The minimum absolute atomic E-state index is 0.133. The van der Waals surface area contributed by atoms with E-state index in [2.05, 4.69) is 4.98 Å². The van der Waals surface area contributed by atoms with Crippen molar-refractivity contribution in [2.45, 2.75) is 32.6 Å². The van der Waals surface area contributed by atoms with Crippen molar-refractivity contribution in [2.24, 2.45) is 0 Å². The third kappa shape index (κ3) is 4.40. The van der Waals surface area contributed by atoms with Crippen molar-refractivity contribution in [3.63, 3.8) is 0 Å². The maximum atomic E-state index is 13.2. The number of aromatic amines is 1. The summed E-state index contributed by atoms with van der Waals surface area (Å²) in [7, 11) is -3.88. The highest BCUT2D eigenvalue weighted by molar-refractivity contribution is 7.89. The van der Waals surface area contributed by atoms with Crippen molar-refractivity contribution in [3.05, 3.63) is 65.0 Å². The van der Waals surface area contributed by atoms with Crippen molar-refractivity contribution in [1.29, 1.82) is 0 Å². The van der Waals surface area contributed by atoms with Gasteiger partial charge in [0.15, 0.2) is 5.78 Å². The summed E-state index contributed by atoms with van der Waals surface area (Å²) < 4.78 is 32.6. The predicted molar refractivity (Wildman–Crippen MR) is 119 cm³/mol. The largest absolute Gasteiger partial charge is 0.461 e. The number of carbonyl (C=O) groups excluding carboxylic acids is 2. The number of ether oxygens (including phenoxy) is 1. The topological polar surface area (TPSA) is 96.5 Å². The highest BCUT2D eigenvalue weighted by Crippen LogP contribution is 2.24. The lowest BCUT2D eigenvalue weighted by Crippen LogP contribution is -2.35. The Hall–Kier alpha value is -2.97. The van der Waals surface area contributed by atoms with Crippen molar-refractivity contribution >= 4 is 32.5 Å². The van der Waals surface area contributed by atoms with Crippen LogP contribution in [0.1, 0.15) is 46.0 Å². The van der Waals surface area contributed by atoms with E-state index >= 15 is 0 Å². The molecule has 7 nitrogen and oxygen atoms in total. The third-order valence-electron chi connectivity index (χ3n) is 5.23. The van der Waals surface area contributed by atoms with Crippen LogP contribution in [0.15, 0.2) is 47.4 Å². The average molecular weight is 443 g/mol. The van der Waals surface area contributed by atoms with Gasteiger partial charge in [-0.1, -0.05) is 37.3 Å². The van der Waals surface area contributed by atoms with Gasteiger partial charge in [-0.05, 0) is 49.2 Å². The van der Waals surface area contributed by atoms with Gasteiger partial charge in [-0.2, -0.15) is 4.31 Å². The van der Waals surface area contributed by atoms with E-state index < -0.39 is 16.0 Å². The van der Waals surface area contributed by atoms with Gasteiger partial charge in [0.2, 0.25) is 10.0 Å². The van der Waals surface area contributed by atoms with Crippen LogP contribution in [0.25, 0.3) is 10.8 Å². The van der Waals surface area contributed by atoms with Crippen LogP contribution in [0.2, 0.25) is 0 Å². The Morgan fingerprint density at radius 3 is 2.35 bits per heavy atom. The van der Waals surface area contributed by atoms with Crippen molar-refractivity contribution in [2.75, 3.05) is 19.7 Å². The number of esters is 1. The quantitative estimate of drug-likeness (QED) is 0.422. The minimum atomic E-state index is -3.88. The Labute approximate surface area is 182 Å². The van der Waals surface area contributed by atoms with E-state index in [0.717, 1.165) is 15.1 Å². The van der Waals surface area contributed by atoms with Crippen LogP contribution in [0.5, 0.6) is 0 Å². The Morgan fingerprint density at radius 1 is 1.03 bits per heavy atom. The van der Waals surface area contributed by atoms with Gasteiger partial charge in [0.25, 0.3) is 0 Å². The number of nitrogens with zero attached hydrogens (tertiary/aromatic N) is 1. The molecule has 1 aromatic heterocycles. The maximum Gasteiger partial charge on any atom is 0.355 e. The number of Topliss-reactive ketones (excluding diaryl/α,β-unsaturated/α-hetero) is 1. The van der Waals surface area contributed by atoms with Gasteiger partial charge in [0.1, 0.15) is 5.69 Å². The van der Waals surface area contributed by atoms with Crippen molar-refractivity contribution in [1.82, 2.24) is 9.29 Å². The molecule has 0 aliphatic rings. The number of rotatable bonds is 8.